The van der Waals surface area contributed by atoms with Crippen molar-refractivity contribution in [3.8, 4) is 0 Å². The summed E-state index contributed by atoms with van der Waals surface area (Å²) in [5, 5.41) is 0.415. The van der Waals surface area contributed by atoms with Crippen LogP contribution >= 0.6 is 11.6 Å². The fourth-order valence-corrected chi connectivity index (χ4v) is 4.40. The van der Waals surface area contributed by atoms with Gasteiger partial charge in [0.25, 0.3) is 0 Å². The van der Waals surface area contributed by atoms with Crippen molar-refractivity contribution >= 4 is 33.2 Å². The highest BCUT2D eigenvalue weighted by Gasteiger charge is 2.31. The standard InChI is InChI=1S/C20H21ClF3N3O3S/c21-16-4-6-18(7-5-16)31(29,30)25-9-8-19(28)27-12-10-26(11-13-27)17-3-1-2-15(14-17)20(22,23)24/h1-7,14,25H,8-13H2. The molecule has 0 aromatic heterocycles. The average molecular weight is 476 g/mol. The summed E-state index contributed by atoms with van der Waals surface area (Å²) in [4.78, 5) is 15.8. The van der Waals surface area contributed by atoms with Crippen molar-refractivity contribution in [2.45, 2.75) is 17.5 Å². The van der Waals surface area contributed by atoms with E-state index in [1.807, 2.05) is 0 Å². The minimum Gasteiger partial charge on any atom is -0.368 e. The number of hydrogen-bond acceptors (Lipinski definition) is 4. The fraction of sp³-hybridized carbons (Fsp3) is 0.350. The molecule has 0 aliphatic carbocycles. The summed E-state index contributed by atoms with van der Waals surface area (Å²) < 4.78 is 65.6. The Morgan fingerprint density at radius 3 is 2.29 bits per heavy atom. The van der Waals surface area contributed by atoms with Gasteiger partial charge < -0.3 is 9.80 Å². The molecule has 1 N–H and O–H groups in total. The fourth-order valence-electron chi connectivity index (χ4n) is 3.24. The predicted molar refractivity (Wildman–Crippen MR) is 111 cm³/mol. The molecular weight excluding hydrogens is 455 g/mol. The molecule has 1 saturated heterocycles. The summed E-state index contributed by atoms with van der Waals surface area (Å²) in [6, 6.07) is 10.8. The molecule has 1 heterocycles. The smallest absolute Gasteiger partial charge is 0.368 e. The Bertz CT molecular complexity index is 1020. The van der Waals surface area contributed by atoms with Gasteiger partial charge in [-0.3, -0.25) is 4.79 Å². The van der Waals surface area contributed by atoms with E-state index in [-0.39, 0.29) is 23.8 Å². The van der Waals surface area contributed by atoms with Crippen molar-refractivity contribution in [2.75, 3.05) is 37.6 Å². The highest BCUT2D eigenvalue weighted by Crippen LogP contribution is 2.31. The SMILES string of the molecule is O=C(CCNS(=O)(=O)c1ccc(Cl)cc1)N1CCN(c2cccc(C(F)(F)F)c2)CC1. The number of carbonyl (C=O) groups excluding carboxylic acids is 1. The van der Waals surface area contributed by atoms with E-state index in [0.29, 0.717) is 36.9 Å². The van der Waals surface area contributed by atoms with Crippen LogP contribution in [-0.4, -0.2) is 51.9 Å². The summed E-state index contributed by atoms with van der Waals surface area (Å²) >= 11 is 5.75. The van der Waals surface area contributed by atoms with Gasteiger partial charge in [-0.1, -0.05) is 17.7 Å². The number of alkyl halides is 3. The predicted octanol–water partition coefficient (Wildman–Crippen LogP) is 3.38. The molecule has 11 heteroatoms. The number of carbonyl (C=O) groups is 1. The minimum atomic E-state index is -4.41. The van der Waals surface area contributed by atoms with Crippen LogP contribution < -0.4 is 9.62 Å². The number of rotatable bonds is 6. The number of sulfonamides is 1. The van der Waals surface area contributed by atoms with E-state index in [4.69, 9.17) is 11.6 Å². The lowest BCUT2D eigenvalue weighted by Gasteiger charge is -2.36. The molecular formula is C20H21ClF3N3O3S. The van der Waals surface area contributed by atoms with E-state index in [2.05, 4.69) is 4.72 Å². The summed E-state index contributed by atoms with van der Waals surface area (Å²) in [5.41, 5.74) is -0.255. The van der Waals surface area contributed by atoms with Crippen LogP contribution in [-0.2, 0) is 21.0 Å². The first-order valence-corrected chi connectivity index (χ1v) is 11.4. The van der Waals surface area contributed by atoms with Crippen molar-refractivity contribution in [1.29, 1.82) is 0 Å². The Morgan fingerprint density at radius 2 is 1.68 bits per heavy atom. The Hall–Kier alpha value is -2.30. The first-order chi connectivity index (χ1) is 14.6. The molecule has 1 fully saturated rings. The molecule has 168 valence electrons. The quantitative estimate of drug-likeness (QED) is 0.695. The average Bonchev–Trinajstić information content (AvgIpc) is 2.73. The third kappa shape index (κ3) is 6.11. The molecule has 2 aromatic carbocycles. The number of piperazine rings is 1. The van der Waals surface area contributed by atoms with Gasteiger partial charge in [0.05, 0.1) is 10.5 Å². The van der Waals surface area contributed by atoms with Crippen LogP contribution in [0, 0.1) is 0 Å². The molecule has 0 bridgehead atoms. The summed E-state index contributed by atoms with van der Waals surface area (Å²) in [6.45, 7) is 1.42. The van der Waals surface area contributed by atoms with Crippen LogP contribution in [0.3, 0.4) is 0 Å². The second kappa shape index (κ2) is 9.46. The number of hydrogen-bond donors (Lipinski definition) is 1. The number of benzene rings is 2. The summed E-state index contributed by atoms with van der Waals surface area (Å²) in [5.74, 6) is -0.220. The van der Waals surface area contributed by atoms with Crippen molar-refractivity contribution in [1.82, 2.24) is 9.62 Å². The van der Waals surface area contributed by atoms with Crippen LogP contribution in [0.5, 0.6) is 0 Å². The largest absolute Gasteiger partial charge is 0.416 e. The Labute approximate surface area is 183 Å². The van der Waals surface area contributed by atoms with E-state index < -0.39 is 21.8 Å². The number of amides is 1. The van der Waals surface area contributed by atoms with E-state index in [1.54, 1.807) is 15.9 Å². The molecule has 0 unspecified atom stereocenters. The molecule has 31 heavy (non-hydrogen) atoms. The Balaban J connectivity index is 1.49. The van der Waals surface area contributed by atoms with Gasteiger partial charge >= 0.3 is 6.18 Å². The van der Waals surface area contributed by atoms with Crippen molar-refractivity contribution in [2.24, 2.45) is 0 Å². The van der Waals surface area contributed by atoms with Gasteiger partial charge in [0.15, 0.2) is 0 Å². The zero-order valence-electron chi connectivity index (χ0n) is 16.4. The van der Waals surface area contributed by atoms with Gasteiger partial charge in [0.2, 0.25) is 15.9 Å². The highest BCUT2D eigenvalue weighted by molar-refractivity contribution is 7.89. The molecule has 1 aliphatic rings. The first kappa shape index (κ1) is 23.4. The van der Waals surface area contributed by atoms with Crippen LogP contribution in [0.2, 0.25) is 5.02 Å². The maximum atomic E-state index is 12.9. The summed E-state index contributed by atoms with van der Waals surface area (Å²) in [6.07, 6.45) is -4.43. The molecule has 1 aliphatic heterocycles. The summed E-state index contributed by atoms with van der Waals surface area (Å²) in [7, 11) is -3.74. The van der Waals surface area contributed by atoms with Gasteiger partial charge in [-0.15, -0.1) is 0 Å². The number of halogens is 4. The Kier molecular flexibility index (Phi) is 7.13. The van der Waals surface area contributed by atoms with Crippen LogP contribution in [0.15, 0.2) is 53.4 Å². The van der Waals surface area contributed by atoms with Crippen molar-refractivity contribution in [3.63, 3.8) is 0 Å². The second-order valence-corrected chi connectivity index (χ2v) is 9.22. The minimum absolute atomic E-state index is 0.0175. The van der Waals surface area contributed by atoms with E-state index >= 15 is 0 Å². The highest BCUT2D eigenvalue weighted by atomic mass is 35.5. The number of nitrogens with one attached hydrogen (secondary N) is 1. The molecule has 1 amide bonds. The van der Waals surface area contributed by atoms with Crippen molar-refractivity contribution in [3.05, 3.63) is 59.1 Å². The topological polar surface area (TPSA) is 69.7 Å². The molecule has 0 spiro atoms. The van der Waals surface area contributed by atoms with Crippen molar-refractivity contribution < 1.29 is 26.4 Å². The normalized spacial score (nSPS) is 15.2. The molecule has 2 aromatic rings. The lowest BCUT2D eigenvalue weighted by molar-refractivity contribution is -0.137. The van der Waals surface area contributed by atoms with Gasteiger partial charge in [0, 0.05) is 49.9 Å². The molecule has 0 saturated carbocycles. The maximum Gasteiger partial charge on any atom is 0.416 e. The third-order valence-electron chi connectivity index (χ3n) is 4.93. The van der Waals surface area contributed by atoms with E-state index in [9.17, 15) is 26.4 Å². The number of nitrogens with zero attached hydrogens (tertiary/aromatic N) is 2. The van der Waals surface area contributed by atoms with Gasteiger partial charge in [-0.05, 0) is 42.5 Å². The van der Waals surface area contributed by atoms with E-state index in [0.717, 1.165) is 12.1 Å². The van der Waals surface area contributed by atoms with Crippen LogP contribution in [0.1, 0.15) is 12.0 Å². The molecule has 0 atom stereocenters. The molecule has 0 radical (unpaired) electrons. The first-order valence-electron chi connectivity index (χ1n) is 9.51. The molecule has 6 nitrogen and oxygen atoms in total. The van der Waals surface area contributed by atoms with E-state index in [1.165, 1.54) is 30.3 Å². The maximum absolute atomic E-state index is 12.9. The lowest BCUT2D eigenvalue weighted by Crippen LogP contribution is -2.49. The van der Waals surface area contributed by atoms with Gasteiger partial charge in [-0.25, -0.2) is 13.1 Å². The second-order valence-electron chi connectivity index (χ2n) is 7.02. The van der Waals surface area contributed by atoms with Gasteiger partial charge in [0.1, 0.15) is 0 Å². The lowest BCUT2D eigenvalue weighted by atomic mass is 10.1. The Morgan fingerprint density at radius 1 is 1.03 bits per heavy atom. The van der Waals surface area contributed by atoms with Crippen LogP contribution in [0.25, 0.3) is 0 Å². The van der Waals surface area contributed by atoms with Gasteiger partial charge in [-0.2, -0.15) is 13.2 Å². The molecule has 3 rings (SSSR count). The number of anilines is 1. The zero-order chi connectivity index (χ0) is 22.6. The van der Waals surface area contributed by atoms with Crippen LogP contribution in [0.4, 0.5) is 18.9 Å². The third-order valence-corrected chi connectivity index (χ3v) is 6.65. The zero-order valence-corrected chi connectivity index (χ0v) is 18.0. The monoisotopic (exact) mass is 475 g/mol.